The van der Waals surface area contributed by atoms with E-state index < -0.39 is 10.0 Å². The fraction of sp³-hybridized carbons (Fsp3) is 0.316. The normalized spacial score (nSPS) is 16.3. The summed E-state index contributed by atoms with van der Waals surface area (Å²) in [5, 5.41) is 4.02. The van der Waals surface area contributed by atoms with E-state index in [1.54, 1.807) is 30.3 Å². The van der Waals surface area contributed by atoms with Gasteiger partial charge in [0.05, 0.1) is 11.9 Å². The van der Waals surface area contributed by atoms with Crippen LogP contribution in [0.3, 0.4) is 0 Å². The van der Waals surface area contributed by atoms with Gasteiger partial charge in [0.15, 0.2) is 0 Å². The van der Waals surface area contributed by atoms with Crippen molar-refractivity contribution in [2.24, 2.45) is 0 Å². The molecule has 1 unspecified atom stereocenters. The van der Waals surface area contributed by atoms with Gasteiger partial charge in [0.25, 0.3) is 5.91 Å². The number of fused-ring (bicyclic) bond motifs is 1. The topological polar surface area (TPSA) is 66.5 Å². The van der Waals surface area contributed by atoms with Gasteiger partial charge in [-0.15, -0.1) is 0 Å². The highest BCUT2D eigenvalue weighted by molar-refractivity contribution is 7.92. The van der Waals surface area contributed by atoms with E-state index in [4.69, 9.17) is 23.2 Å². The summed E-state index contributed by atoms with van der Waals surface area (Å²) in [7, 11) is -3.34. The summed E-state index contributed by atoms with van der Waals surface area (Å²) in [5.74, 6) is -0.201. The lowest BCUT2D eigenvalue weighted by atomic mass is 10.1. The highest BCUT2D eigenvalue weighted by Gasteiger charge is 2.32. The standard InChI is InChI=1S/C19H20Cl2N2O3S/c1-12-9-15-10-14(4-6-18(15)23(12)27(2,25)26)19(24)22-8-7-13-3-5-16(20)11-17(13)21/h3-6,10-12H,7-9H2,1-2H3,(H,22,24). The molecule has 0 spiro atoms. The van der Waals surface area contributed by atoms with Crippen LogP contribution in [0.25, 0.3) is 0 Å². The van der Waals surface area contributed by atoms with E-state index in [9.17, 15) is 13.2 Å². The number of amides is 1. The van der Waals surface area contributed by atoms with Crippen LogP contribution in [0, 0.1) is 0 Å². The molecule has 2 aromatic carbocycles. The van der Waals surface area contributed by atoms with Gasteiger partial charge in [-0.25, -0.2) is 8.42 Å². The van der Waals surface area contributed by atoms with E-state index >= 15 is 0 Å². The molecule has 1 aliphatic rings. The summed E-state index contributed by atoms with van der Waals surface area (Å²) >= 11 is 12.0. The molecule has 1 heterocycles. The van der Waals surface area contributed by atoms with Gasteiger partial charge in [-0.2, -0.15) is 0 Å². The second-order valence-electron chi connectivity index (χ2n) is 6.70. The predicted molar refractivity (Wildman–Crippen MR) is 109 cm³/mol. The maximum atomic E-state index is 12.4. The molecule has 0 radical (unpaired) electrons. The summed E-state index contributed by atoms with van der Waals surface area (Å²) in [6.45, 7) is 2.29. The second-order valence-corrected chi connectivity index (χ2v) is 9.40. The van der Waals surface area contributed by atoms with Crippen LogP contribution in [0.4, 0.5) is 5.69 Å². The van der Waals surface area contributed by atoms with Gasteiger partial charge < -0.3 is 5.32 Å². The molecule has 0 aromatic heterocycles. The molecule has 5 nitrogen and oxygen atoms in total. The van der Waals surface area contributed by atoms with Crippen molar-refractivity contribution in [3.63, 3.8) is 0 Å². The lowest BCUT2D eigenvalue weighted by Crippen LogP contribution is -2.34. The minimum absolute atomic E-state index is 0.152. The molecule has 0 fully saturated rings. The molecule has 8 heteroatoms. The van der Waals surface area contributed by atoms with Crippen molar-refractivity contribution in [3.05, 3.63) is 63.1 Å². The van der Waals surface area contributed by atoms with E-state index in [-0.39, 0.29) is 11.9 Å². The molecule has 3 rings (SSSR count). The van der Waals surface area contributed by atoms with E-state index in [2.05, 4.69) is 5.32 Å². The van der Waals surface area contributed by atoms with Crippen molar-refractivity contribution in [1.82, 2.24) is 5.32 Å². The number of hydrogen-bond donors (Lipinski definition) is 1. The monoisotopic (exact) mass is 426 g/mol. The SMILES string of the molecule is CC1Cc2cc(C(=O)NCCc3ccc(Cl)cc3Cl)ccc2N1S(C)(=O)=O. The Kier molecular flexibility index (Phi) is 5.70. The third-order valence-corrected chi connectivity index (χ3v) is 6.41. The summed E-state index contributed by atoms with van der Waals surface area (Å²) in [5.41, 5.74) is 2.93. The van der Waals surface area contributed by atoms with Crippen molar-refractivity contribution >= 4 is 44.8 Å². The van der Waals surface area contributed by atoms with Gasteiger partial charge in [0, 0.05) is 28.2 Å². The molecule has 27 heavy (non-hydrogen) atoms. The van der Waals surface area contributed by atoms with Gasteiger partial charge in [-0.05, 0) is 61.2 Å². The molecule has 1 amide bonds. The number of nitrogens with zero attached hydrogens (tertiary/aromatic N) is 1. The molecule has 1 atom stereocenters. The Labute approximate surface area is 169 Å². The molecular weight excluding hydrogens is 407 g/mol. The van der Waals surface area contributed by atoms with Gasteiger partial charge in [0.2, 0.25) is 10.0 Å². The summed E-state index contributed by atoms with van der Waals surface area (Å²) < 4.78 is 25.4. The number of benzene rings is 2. The zero-order chi connectivity index (χ0) is 19.8. The Hall–Kier alpha value is -1.76. The van der Waals surface area contributed by atoms with Crippen LogP contribution in [-0.4, -0.2) is 33.2 Å². The summed E-state index contributed by atoms with van der Waals surface area (Å²) in [6, 6.07) is 10.2. The largest absolute Gasteiger partial charge is 0.352 e. The number of carbonyl (C=O) groups excluding carboxylic acids is 1. The quantitative estimate of drug-likeness (QED) is 0.792. The lowest BCUT2D eigenvalue weighted by molar-refractivity contribution is 0.0954. The molecule has 0 saturated carbocycles. The van der Waals surface area contributed by atoms with E-state index in [0.717, 1.165) is 11.1 Å². The first-order valence-corrected chi connectivity index (χ1v) is 11.1. The van der Waals surface area contributed by atoms with Crippen molar-refractivity contribution in [2.75, 3.05) is 17.1 Å². The second kappa shape index (κ2) is 7.70. The third-order valence-electron chi connectivity index (χ3n) is 4.55. The Morgan fingerprint density at radius 3 is 2.63 bits per heavy atom. The first-order valence-electron chi connectivity index (χ1n) is 8.51. The smallest absolute Gasteiger partial charge is 0.251 e. The molecule has 144 valence electrons. The van der Waals surface area contributed by atoms with Crippen LogP contribution in [-0.2, 0) is 22.9 Å². The number of rotatable bonds is 5. The van der Waals surface area contributed by atoms with Gasteiger partial charge in [-0.1, -0.05) is 29.3 Å². The molecule has 0 aliphatic carbocycles. The number of carbonyl (C=O) groups is 1. The molecular formula is C19H20Cl2N2O3S. The minimum Gasteiger partial charge on any atom is -0.352 e. The van der Waals surface area contributed by atoms with Crippen molar-refractivity contribution in [1.29, 1.82) is 0 Å². The maximum Gasteiger partial charge on any atom is 0.251 e. The zero-order valence-corrected chi connectivity index (χ0v) is 17.3. The zero-order valence-electron chi connectivity index (χ0n) is 15.0. The molecule has 0 saturated heterocycles. The first kappa shape index (κ1) is 20.0. The Morgan fingerprint density at radius 2 is 1.96 bits per heavy atom. The molecule has 1 aliphatic heterocycles. The molecule has 0 bridgehead atoms. The van der Waals surface area contributed by atoms with Crippen LogP contribution in [0.1, 0.15) is 28.4 Å². The number of sulfonamides is 1. The van der Waals surface area contributed by atoms with Crippen molar-refractivity contribution in [2.45, 2.75) is 25.8 Å². The minimum atomic E-state index is -3.34. The third kappa shape index (κ3) is 4.39. The highest BCUT2D eigenvalue weighted by atomic mass is 35.5. The van der Waals surface area contributed by atoms with Crippen LogP contribution in [0.15, 0.2) is 36.4 Å². The van der Waals surface area contributed by atoms with Gasteiger partial charge in [0.1, 0.15) is 0 Å². The maximum absolute atomic E-state index is 12.4. The Morgan fingerprint density at radius 1 is 1.22 bits per heavy atom. The number of hydrogen-bond acceptors (Lipinski definition) is 3. The molecule has 1 N–H and O–H groups in total. The Bertz CT molecular complexity index is 992. The van der Waals surface area contributed by atoms with Crippen molar-refractivity contribution < 1.29 is 13.2 Å². The first-order chi connectivity index (χ1) is 12.7. The van der Waals surface area contributed by atoms with Crippen molar-refractivity contribution in [3.8, 4) is 0 Å². The van der Waals surface area contributed by atoms with Gasteiger partial charge >= 0.3 is 0 Å². The van der Waals surface area contributed by atoms with Crippen LogP contribution in [0.5, 0.6) is 0 Å². The number of nitrogens with one attached hydrogen (secondary N) is 1. The summed E-state index contributed by atoms with van der Waals surface area (Å²) in [6.07, 6.45) is 2.37. The lowest BCUT2D eigenvalue weighted by Gasteiger charge is -2.21. The predicted octanol–water partition coefficient (Wildman–Crippen LogP) is 3.68. The van der Waals surface area contributed by atoms with E-state index in [1.165, 1.54) is 10.6 Å². The average Bonchev–Trinajstić information content (AvgIpc) is 2.91. The fourth-order valence-electron chi connectivity index (χ4n) is 3.39. The average molecular weight is 427 g/mol. The highest BCUT2D eigenvalue weighted by Crippen LogP contribution is 2.34. The number of halogens is 2. The number of anilines is 1. The van der Waals surface area contributed by atoms with Gasteiger partial charge in [-0.3, -0.25) is 9.10 Å². The van der Waals surface area contributed by atoms with Crippen LogP contribution >= 0.6 is 23.2 Å². The van der Waals surface area contributed by atoms with Crippen LogP contribution in [0.2, 0.25) is 10.0 Å². The van der Waals surface area contributed by atoms with Crippen LogP contribution < -0.4 is 9.62 Å². The van der Waals surface area contributed by atoms with E-state index in [0.29, 0.717) is 40.7 Å². The van der Waals surface area contributed by atoms with E-state index in [1.807, 2.05) is 13.0 Å². The molecule has 2 aromatic rings. The Balaban J connectivity index is 1.67. The summed E-state index contributed by atoms with van der Waals surface area (Å²) in [4.78, 5) is 12.4. The fourth-order valence-corrected chi connectivity index (χ4v) is 5.15.